The van der Waals surface area contributed by atoms with Crippen LogP contribution in [-0.4, -0.2) is 25.9 Å². The lowest BCUT2D eigenvalue weighted by atomic mass is 10.2. The van der Waals surface area contributed by atoms with Crippen LogP contribution in [0.15, 0.2) is 67.1 Å². The minimum atomic E-state index is -0.0820. The Morgan fingerprint density at radius 2 is 2.00 bits per heavy atom. The van der Waals surface area contributed by atoms with Gasteiger partial charge in [-0.3, -0.25) is 9.89 Å². The minimum Gasteiger partial charge on any atom is -0.326 e. The maximum absolute atomic E-state index is 12.2. The van der Waals surface area contributed by atoms with E-state index >= 15 is 0 Å². The number of aromatic nitrogens is 4. The van der Waals surface area contributed by atoms with Crippen molar-refractivity contribution in [3.63, 3.8) is 0 Å². The minimum absolute atomic E-state index is 0.0820. The summed E-state index contributed by atoms with van der Waals surface area (Å²) in [6.45, 7) is 0. The van der Waals surface area contributed by atoms with Crippen LogP contribution in [0.4, 0.5) is 5.69 Å². The van der Waals surface area contributed by atoms with Gasteiger partial charge in [0.2, 0.25) is 5.91 Å². The number of hydrogen-bond acceptors (Lipinski definition) is 3. The lowest BCUT2D eigenvalue weighted by molar-refractivity contribution is -0.115. The number of benzene rings is 2. The summed E-state index contributed by atoms with van der Waals surface area (Å²) in [5.74, 6) is -0.0820. The van der Waals surface area contributed by atoms with Crippen LogP contribution in [0.2, 0.25) is 0 Å². The van der Waals surface area contributed by atoms with E-state index in [0.29, 0.717) is 0 Å². The second kappa shape index (κ2) is 6.00. The van der Waals surface area contributed by atoms with Crippen LogP contribution in [0, 0.1) is 0 Å². The van der Waals surface area contributed by atoms with E-state index < -0.39 is 0 Å². The molecule has 4 rings (SSSR count). The molecular weight excluding hydrogens is 302 g/mol. The maximum Gasteiger partial charge on any atom is 0.228 e. The molecule has 0 fully saturated rings. The number of anilines is 1. The van der Waals surface area contributed by atoms with Crippen molar-refractivity contribution in [2.24, 2.45) is 0 Å². The summed E-state index contributed by atoms with van der Waals surface area (Å²) >= 11 is 0. The molecule has 2 aromatic carbocycles. The zero-order chi connectivity index (χ0) is 16.4. The van der Waals surface area contributed by atoms with Crippen molar-refractivity contribution in [3.05, 3.63) is 72.7 Å². The molecule has 2 heterocycles. The van der Waals surface area contributed by atoms with E-state index in [-0.39, 0.29) is 12.3 Å². The van der Waals surface area contributed by atoms with Crippen LogP contribution in [0.25, 0.3) is 16.6 Å². The summed E-state index contributed by atoms with van der Waals surface area (Å²) in [4.78, 5) is 12.2. The Morgan fingerprint density at radius 3 is 2.88 bits per heavy atom. The quantitative estimate of drug-likeness (QED) is 0.607. The van der Waals surface area contributed by atoms with Gasteiger partial charge in [-0.25, -0.2) is 4.68 Å². The molecular formula is C18H15N5O. The topological polar surface area (TPSA) is 75.6 Å². The van der Waals surface area contributed by atoms with E-state index in [2.05, 4.69) is 20.6 Å². The number of aromatic amines is 1. The Morgan fingerprint density at radius 1 is 1.12 bits per heavy atom. The molecule has 24 heavy (non-hydrogen) atoms. The predicted octanol–water partition coefficient (Wildman–Crippen LogP) is 2.93. The molecule has 2 aromatic heterocycles. The molecule has 2 N–H and O–H groups in total. The van der Waals surface area contributed by atoms with E-state index in [9.17, 15) is 4.79 Å². The van der Waals surface area contributed by atoms with Gasteiger partial charge in [-0.1, -0.05) is 18.2 Å². The van der Waals surface area contributed by atoms with E-state index in [4.69, 9.17) is 0 Å². The van der Waals surface area contributed by atoms with Gasteiger partial charge in [0, 0.05) is 17.3 Å². The van der Waals surface area contributed by atoms with Crippen LogP contribution in [0.3, 0.4) is 0 Å². The fourth-order valence-corrected chi connectivity index (χ4v) is 2.58. The molecule has 0 saturated heterocycles. The van der Waals surface area contributed by atoms with Crippen molar-refractivity contribution in [2.75, 3.05) is 5.32 Å². The molecule has 0 aliphatic carbocycles. The third kappa shape index (κ3) is 2.89. The van der Waals surface area contributed by atoms with Gasteiger partial charge < -0.3 is 5.32 Å². The summed E-state index contributed by atoms with van der Waals surface area (Å²) in [5.41, 5.74) is 3.46. The second-order valence-corrected chi connectivity index (χ2v) is 5.53. The Labute approximate surface area is 138 Å². The molecule has 1 amide bonds. The molecule has 6 nitrogen and oxygen atoms in total. The standard InChI is InChI=1S/C18H15N5O/c24-18(21-15-7-6-14-11-19-22-17(14)9-15)8-13-10-20-23(12-13)16-4-2-1-3-5-16/h1-7,9-12H,8H2,(H,19,22)(H,21,24). The molecule has 0 spiro atoms. The van der Waals surface area contributed by atoms with Gasteiger partial charge in [-0.15, -0.1) is 0 Å². The molecule has 6 heteroatoms. The van der Waals surface area contributed by atoms with Crippen molar-refractivity contribution in [3.8, 4) is 5.69 Å². The Hall–Kier alpha value is -3.41. The van der Waals surface area contributed by atoms with Crippen LogP contribution in [0.5, 0.6) is 0 Å². The van der Waals surface area contributed by atoms with E-state index in [0.717, 1.165) is 27.8 Å². The van der Waals surface area contributed by atoms with Crippen LogP contribution in [-0.2, 0) is 11.2 Å². The van der Waals surface area contributed by atoms with Crippen molar-refractivity contribution in [1.29, 1.82) is 0 Å². The summed E-state index contributed by atoms with van der Waals surface area (Å²) in [6, 6.07) is 15.5. The van der Waals surface area contributed by atoms with Gasteiger partial charge in [0.25, 0.3) is 0 Å². The molecule has 0 radical (unpaired) electrons. The van der Waals surface area contributed by atoms with E-state index in [1.807, 2.05) is 54.7 Å². The number of amides is 1. The molecule has 0 aliphatic heterocycles. The fraction of sp³-hybridized carbons (Fsp3) is 0.0556. The van der Waals surface area contributed by atoms with Crippen LogP contribution in [0.1, 0.15) is 5.56 Å². The number of carbonyl (C=O) groups is 1. The van der Waals surface area contributed by atoms with Crippen molar-refractivity contribution in [1.82, 2.24) is 20.0 Å². The van der Waals surface area contributed by atoms with Gasteiger partial charge in [-0.2, -0.15) is 10.2 Å². The number of nitrogens with one attached hydrogen (secondary N) is 2. The Bertz CT molecular complexity index is 987. The number of fused-ring (bicyclic) bond motifs is 1. The zero-order valence-electron chi connectivity index (χ0n) is 12.8. The normalized spacial score (nSPS) is 10.8. The maximum atomic E-state index is 12.2. The fourth-order valence-electron chi connectivity index (χ4n) is 2.58. The molecule has 0 saturated carbocycles. The SMILES string of the molecule is O=C(Cc1cnn(-c2ccccc2)c1)Nc1ccc2cn[nH]c2c1. The van der Waals surface area contributed by atoms with Gasteiger partial charge in [0.1, 0.15) is 0 Å². The monoisotopic (exact) mass is 317 g/mol. The van der Waals surface area contributed by atoms with Gasteiger partial charge in [0.15, 0.2) is 0 Å². The van der Waals surface area contributed by atoms with Gasteiger partial charge in [0.05, 0.1) is 30.0 Å². The smallest absolute Gasteiger partial charge is 0.228 e. The Balaban J connectivity index is 1.45. The van der Waals surface area contributed by atoms with Crippen molar-refractivity contribution >= 4 is 22.5 Å². The molecule has 0 unspecified atom stereocenters. The highest BCUT2D eigenvalue weighted by Gasteiger charge is 2.08. The first-order valence-corrected chi connectivity index (χ1v) is 7.60. The highest BCUT2D eigenvalue weighted by molar-refractivity contribution is 5.94. The third-order valence-corrected chi connectivity index (χ3v) is 3.75. The number of carbonyl (C=O) groups excluding carboxylic acids is 1. The predicted molar refractivity (Wildman–Crippen MR) is 92.0 cm³/mol. The first-order chi connectivity index (χ1) is 11.8. The average Bonchev–Trinajstić information content (AvgIpc) is 3.24. The third-order valence-electron chi connectivity index (χ3n) is 3.75. The number of hydrogen-bond donors (Lipinski definition) is 2. The molecule has 0 bridgehead atoms. The summed E-state index contributed by atoms with van der Waals surface area (Å²) < 4.78 is 1.76. The number of H-pyrrole nitrogens is 1. The highest BCUT2D eigenvalue weighted by Crippen LogP contribution is 2.17. The zero-order valence-corrected chi connectivity index (χ0v) is 12.8. The number of nitrogens with zero attached hydrogens (tertiary/aromatic N) is 3. The highest BCUT2D eigenvalue weighted by atomic mass is 16.1. The lowest BCUT2D eigenvalue weighted by Crippen LogP contribution is -2.14. The van der Waals surface area contributed by atoms with Crippen molar-refractivity contribution < 1.29 is 4.79 Å². The summed E-state index contributed by atoms with van der Waals surface area (Å²) in [7, 11) is 0. The first-order valence-electron chi connectivity index (χ1n) is 7.60. The first kappa shape index (κ1) is 14.2. The average molecular weight is 317 g/mol. The van der Waals surface area contributed by atoms with Crippen molar-refractivity contribution in [2.45, 2.75) is 6.42 Å². The molecule has 0 aliphatic rings. The largest absolute Gasteiger partial charge is 0.326 e. The molecule has 4 aromatic rings. The molecule has 118 valence electrons. The number of rotatable bonds is 4. The van der Waals surface area contributed by atoms with Crippen LogP contribution >= 0.6 is 0 Å². The van der Waals surface area contributed by atoms with E-state index in [1.165, 1.54) is 0 Å². The van der Waals surface area contributed by atoms with Gasteiger partial charge in [-0.05, 0) is 35.9 Å². The summed E-state index contributed by atoms with van der Waals surface area (Å²) in [6.07, 6.45) is 5.60. The van der Waals surface area contributed by atoms with E-state index in [1.54, 1.807) is 17.1 Å². The second-order valence-electron chi connectivity index (χ2n) is 5.53. The lowest BCUT2D eigenvalue weighted by Gasteiger charge is -2.04. The summed E-state index contributed by atoms with van der Waals surface area (Å²) in [5, 5.41) is 15.1. The Kier molecular flexibility index (Phi) is 3.55. The molecule has 0 atom stereocenters. The van der Waals surface area contributed by atoms with Crippen LogP contribution < -0.4 is 5.32 Å². The number of para-hydroxylation sites is 1. The van der Waals surface area contributed by atoms with Gasteiger partial charge >= 0.3 is 0 Å².